The summed E-state index contributed by atoms with van der Waals surface area (Å²) >= 11 is 6.32. The molecular weight excluding hydrogens is 665 g/mol. The van der Waals surface area contributed by atoms with Crippen molar-refractivity contribution in [2.75, 3.05) is 44.3 Å². The second-order valence-corrected chi connectivity index (χ2v) is 9.84. The van der Waals surface area contributed by atoms with Gasteiger partial charge in [0.25, 0.3) is 5.88 Å². The Hall–Kier alpha value is -2.98. The summed E-state index contributed by atoms with van der Waals surface area (Å²) < 4.78 is 92.7. The smallest absolute Gasteiger partial charge is 0.385 e. The lowest BCUT2D eigenvalue weighted by molar-refractivity contribution is -0.143. The maximum atomic E-state index is 13.4. The summed E-state index contributed by atoms with van der Waals surface area (Å²) in [5.41, 5.74) is 3.12. The van der Waals surface area contributed by atoms with Crippen LogP contribution in [0.25, 0.3) is 0 Å². The number of rotatable bonds is 8. The van der Waals surface area contributed by atoms with Crippen LogP contribution in [0.2, 0.25) is 5.02 Å². The van der Waals surface area contributed by atoms with Crippen LogP contribution >= 0.6 is 36.4 Å². The molecule has 1 saturated heterocycles. The van der Waals surface area contributed by atoms with E-state index in [1.54, 1.807) is 36.1 Å². The number of morpholine rings is 1. The van der Waals surface area contributed by atoms with E-state index >= 15 is 0 Å². The fraction of sp³-hybridized carbons (Fsp3) is 0.423. The normalized spacial score (nSPS) is 14.3. The van der Waals surface area contributed by atoms with E-state index in [1.807, 2.05) is 0 Å². The molecule has 4 rings (SSSR count). The summed E-state index contributed by atoms with van der Waals surface area (Å²) in [6.07, 6.45) is -10.9. The van der Waals surface area contributed by atoms with Gasteiger partial charge < -0.3 is 20.1 Å². The van der Waals surface area contributed by atoms with E-state index in [0.717, 1.165) is 4.68 Å². The molecule has 18 heteroatoms. The van der Waals surface area contributed by atoms with Gasteiger partial charge in [-0.15, -0.1) is 24.8 Å². The Morgan fingerprint density at radius 1 is 1.07 bits per heavy atom. The minimum atomic E-state index is -5.02. The highest BCUT2D eigenvalue weighted by Gasteiger charge is 2.37. The molecule has 1 amide bonds. The molecule has 0 aliphatic carbocycles. The van der Waals surface area contributed by atoms with Gasteiger partial charge in [0, 0.05) is 31.2 Å². The summed E-state index contributed by atoms with van der Waals surface area (Å²) in [7, 11) is 0. The van der Waals surface area contributed by atoms with Gasteiger partial charge >= 0.3 is 18.4 Å². The molecule has 1 aromatic heterocycles. The lowest BCUT2D eigenvalue weighted by Gasteiger charge is -2.30. The number of nitrogens with two attached hydrogens (primary N) is 1. The molecular formula is C26H29Cl3F6N6O3. The van der Waals surface area contributed by atoms with Crippen molar-refractivity contribution in [3.63, 3.8) is 0 Å². The maximum absolute atomic E-state index is 13.4. The average Bonchev–Trinajstić information content (AvgIpc) is 3.32. The van der Waals surface area contributed by atoms with Crippen LogP contribution in [0.1, 0.15) is 35.2 Å². The Morgan fingerprint density at radius 3 is 2.20 bits per heavy atom. The van der Waals surface area contributed by atoms with Gasteiger partial charge in [-0.25, -0.2) is 9.48 Å². The molecule has 1 unspecified atom stereocenters. The number of aromatic nitrogens is 3. The van der Waals surface area contributed by atoms with Crippen molar-refractivity contribution in [2.24, 2.45) is 5.73 Å². The molecule has 0 saturated carbocycles. The van der Waals surface area contributed by atoms with E-state index in [2.05, 4.69) is 10.3 Å². The molecule has 1 aliphatic heterocycles. The fourth-order valence-electron chi connectivity index (χ4n) is 4.53. The fourth-order valence-corrected chi connectivity index (χ4v) is 4.82. The van der Waals surface area contributed by atoms with E-state index in [1.165, 1.54) is 4.90 Å². The number of carbonyl (C=O) groups excluding carboxylic acids is 1. The Labute approximate surface area is 266 Å². The van der Waals surface area contributed by atoms with Gasteiger partial charge in [-0.2, -0.15) is 26.3 Å². The zero-order valence-corrected chi connectivity index (χ0v) is 25.5. The number of carbonyl (C=O) groups is 1. The molecule has 1 fully saturated rings. The predicted octanol–water partition coefficient (Wildman–Crippen LogP) is 6.22. The van der Waals surface area contributed by atoms with Crippen molar-refractivity contribution >= 4 is 48.3 Å². The Morgan fingerprint density at radius 2 is 1.66 bits per heavy atom. The van der Waals surface area contributed by atoms with E-state index in [9.17, 15) is 31.1 Å². The number of alkyl halides is 6. The monoisotopic (exact) mass is 692 g/mol. The van der Waals surface area contributed by atoms with Crippen LogP contribution in [0, 0.1) is 0 Å². The molecule has 2 aromatic carbocycles. The first-order valence-electron chi connectivity index (χ1n) is 12.8. The number of ether oxygens (including phenoxy) is 2. The predicted molar refractivity (Wildman–Crippen MR) is 155 cm³/mol. The van der Waals surface area contributed by atoms with Crippen molar-refractivity contribution in [1.82, 2.24) is 19.9 Å². The molecule has 0 radical (unpaired) electrons. The summed E-state index contributed by atoms with van der Waals surface area (Å²) in [6, 6.07) is 7.60. The number of anilines is 1. The lowest BCUT2D eigenvalue weighted by atomic mass is 10.0. The third kappa shape index (κ3) is 8.81. The second kappa shape index (κ2) is 15.3. The topological polar surface area (TPSA) is 98.7 Å². The maximum Gasteiger partial charge on any atom is 0.417 e. The van der Waals surface area contributed by atoms with Crippen molar-refractivity contribution in [2.45, 2.75) is 31.9 Å². The Kier molecular flexibility index (Phi) is 13.0. The van der Waals surface area contributed by atoms with Crippen LogP contribution in [0.4, 0.5) is 37.0 Å². The van der Waals surface area contributed by atoms with Crippen molar-refractivity contribution in [3.8, 4) is 5.88 Å². The van der Waals surface area contributed by atoms with Crippen LogP contribution in [-0.4, -0.2) is 65.4 Å². The quantitative estimate of drug-likeness (QED) is 0.280. The number of hydrogen-bond donors (Lipinski definition) is 1. The minimum absolute atomic E-state index is 0. The molecule has 3 aromatic rings. The van der Waals surface area contributed by atoms with Gasteiger partial charge in [-0.05, 0) is 42.3 Å². The number of hydrogen-bond acceptors (Lipinski definition) is 7. The van der Waals surface area contributed by atoms with Crippen molar-refractivity contribution in [3.05, 3.63) is 69.7 Å². The number of amides is 1. The molecule has 0 spiro atoms. The van der Waals surface area contributed by atoms with Crippen molar-refractivity contribution < 1.29 is 40.6 Å². The minimum Gasteiger partial charge on any atom is -0.385 e. The van der Waals surface area contributed by atoms with Crippen molar-refractivity contribution in [1.29, 1.82) is 0 Å². The standard InChI is InChI=1S/C26H27ClF6N6O3.2ClH/c1-16(20-4-2-3-5-21(20)27)38(7-6-34)24(40)42-22-23(37-8-10-41-11-9-37)39(36-35-22)15-17-12-18(25(28,29)30)14-19(13-17)26(31,32)33;;/h2-5,12-14,16H,6-11,15,34H2,1H3;2*1H. The molecule has 1 atom stereocenters. The molecule has 44 heavy (non-hydrogen) atoms. The summed E-state index contributed by atoms with van der Waals surface area (Å²) in [4.78, 5) is 16.4. The SMILES string of the molecule is CC(c1ccccc1Cl)N(CCN)C(=O)Oc1nnn(Cc2cc(C(F)(F)F)cc(C(F)(F)F)c2)c1N1CCOCC1.Cl.Cl. The van der Waals surface area contributed by atoms with Gasteiger partial charge in [0.1, 0.15) is 0 Å². The zero-order chi connectivity index (χ0) is 30.7. The van der Waals surface area contributed by atoms with Gasteiger partial charge in [0.15, 0.2) is 5.82 Å². The number of benzene rings is 2. The second-order valence-electron chi connectivity index (χ2n) is 9.44. The largest absolute Gasteiger partial charge is 0.417 e. The number of nitrogens with zero attached hydrogens (tertiary/aromatic N) is 5. The molecule has 2 N–H and O–H groups in total. The molecule has 1 aliphatic rings. The molecule has 244 valence electrons. The van der Waals surface area contributed by atoms with Crippen LogP contribution in [0.5, 0.6) is 5.88 Å². The van der Waals surface area contributed by atoms with Gasteiger partial charge in [-0.1, -0.05) is 40.1 Å². The Bertz CT molecular complexity index is 1370. The van der Waals surface area contributed by atoms with Gasteiger partial charge in [0.05, 0.1) is 36.9 Å². The summed E-state index contributed by atoms with van der Waals surface area (Å²) in [5.74, 6) is -0.186. The highest BCUT2D eigenvalue weighted by atomic mass is 35.5. The van der Waals surface area contributed by atoms with Gasteiger partial charge in [-0.3, -0.25) is 4.90 Å². The summed E-state index contributed by atoms with van der Waals surface area (Å²) in [6.45, 7) is 2.46. The van der Waals surface area contributed by atoms with Crippen LogP contribution in [-0.2, 0) is 23.6 Å². The van der Waals surface area contributed by atoms with E-state index in [0.29, 0.717) is 22.7 Å². The van der Waals surface area contributed by atoms with Crippen LogP contribution in [0.3, 0.4) is 0 Å². The van der Waals surface area contributed by atoms with E-state index in [4.69, 9.17) is 26.8 Å². The molecule has 0 bridgehead atoms. The Balaban J connectivity index is 0.00000337. The first-order valence-corrected chi connectivity index (χ1v) is 13.1. The van der Waals surface area contributed by atoms with E-state index < -0.39 is 42.2 Å². The number of halogens is 9. The highest BCUT2D eigenvalue weighted by Crippen LogP contribution is 2.37. The zero-order valence-electron chi connectivity index (χ0n) is 23.1. The van der Waals surface area contributed by atoms with Gasteiger partial charge in [0.2, 0.25) is 0 Å². The highest BCUT2D eigenvalue weighted by molar-refractivity contribution is 6.31. The van der Waals surface area contributed by atoms with Crippen LogP contribution in [0.15, 0.2) is 42.5 Å². The van der Waals surface area contributed by atoms with E-state index in [-0.39, 0.29) is 87.5 Å². The van der Waals surface area contributed by atoms with Crippen LogP contribution < -0.4 is 15.4 Å². The third-order valence-corrected chi connectivity index (χ3v) is 6.93. The average molecular weight is 694 g/mol. The molecule has 2 heterocycles. The first-order chi connectivity index (χ1) is 19.8. The molecule has 9 nitrogen and oxygen atoms in total. The lowest BCUT2D eigenvalue weighted by Crippen LogP contribution is -2.40. The first kappa shape index (κ1) is 37.2. The summed E-state index contributed by atoms with van der Waals surface area (Å²) in [5, 5.41) is 8.26. The third-order valence-electron chi connectivity index (χ3n) is 6.58.